The van der Waals surface area contributed by atoms with Crippen LogP contribution >= 0.6 is 0 Å². The molecular formula is C12H18N4O3. The number of rotatable bonds is 5. The third kappa shape index (κ3) is 2.76. The highest BCUT2D eigenvalue weighted by Gasteiger charge is 2.34. The monoisotopic (exact) mass is 266 g/mol. The maximum absolute atomic E-state index is 11.0. The predicted molar refractivity (Wildman–Crippen MR) is 71.3 cm³/mol. The molecule has 7 heteroatoms. The minimum absolute atomic E-state index is 0.0551. The zero-order valence-electron chi connectivity index (χ0n) is 10.9. The van der Waals surface area contributed by atoms with Crippen molar-refractivity contribution in [1.29, 1.82) is 0 Å². The number of nitro groups is 1. The van der Waals surface area contributed by atoms with E-state index in [1.165, 1.54) is 19.2 Å². The lowest BCUT2D eigenvalue weighted by Crippen LogP contribution is -2.43. The number of nitrogens with two attached hydrogens (primary N) is 1. The van der Waals surface area contributed by atoms with Gasteiger partial charge in [-0.2, -0.15) is 4.98 Å². The summed E-state index contributed by atoms with van der Waals surface area (Å²) >= 11 is 0. The summed E-state index contributed by atoms with van der Waals surface area (Å²) in [5, 5.41) is 14.2. The fraction of sp³-hybridized carbons (Fsp3) is 0.583. The van der Waals surface area contributed by atoms with E-state index in [4.69, 9.17) is 10.5 Å². The number of hydrogen-bond donors (Lipinski definition) is 2. The van der Waals surface area contributed by atoms with Gasteiger partial charge in [0.2, 0.25) is 11.7 Å². The molecule has 0 bridgehead atoms. The molecule has 7 nitrogen and oxygen atoms in total. The Kier molecular flexibility index (Phi) is 3.84. The molecule has 0 radical (unpaired) electrons. The van der Waals surface area contributed by atoms with Gasteiger partial charge >= 0.3 is 5.69 Å². The van der Waals surface area contributed by atoms with Crippen LogP contribution in [0.5, 0.6) is 5.88 Å². The Morgan fingerprint density at radius 1 is 1.53 bits per heavy atom. The summed E-state index contributed by atoms with van der Waals surface area (Å²) in [7, 11) is 1.48. The molecule has 1 aliphatic carbocycles. The zero-order valence-corrected chi connectivity index (χ0v) is 10.9. The van der Waals surface area contributed by atoms with Crippen molar-refractivity contribution in [2.75, 3.05) is 19.0 Å². The highest BCUT2D eigenvalue weighted by atomic mass is 16.6. The molecule has 1 aromatic heterocycles. The average molecular weight is 266 g/mol. The molecule has 0 aromatic carbocycles. The van der Waals surface area contributed by atoms with Crippen LogP contribution in [0.25, 0.3) is 0 Å². The molecule has 0 unspecified atom stereocenters. The highest BCUT2D eigenvalue weighted by Crippen LogP contribution is 2.35. The smallest absolute Gasteiger partial charge is 0.311 e. The number of nitrogens with one attached hydrogen (secondary N) is 1. The number of methoxy groups -OCH3 is 1. The number of anilines is 1. The Bertz CT molecular complexity index is 472. The Balaban J connectivity index is 2.33. The van der Waals surface area contributed by atoms with Crippen molar-refractivity contribution in [3.05, 3.63) is 22.2 Å². The zero-order chi connectivity index (χ0) is 13.9. The van der Waals surface area contributed by atoms with Gasteiger partial charge in [0.1, 0.15) is 0 Å². The van der Waals surface area contributed by atoms with Crippen LogP contribution in [0.4, 0.5) is 11.5 Å². The second kappa shape index (κ2) is 5.40. The molecule has 0 saturated heterocycles. The van der Waals surface area contributed by atoms with Crippen LogP contribution in [-0.4, -0.2) is 29.1 Å². The summed E-state index contributed by atoms with van der Waals surface area (Å²) in [5.74, 6) is 0.579. The van der Waals surface area contributed by atoms with Gasteiger partial charge in [0.25, 0.3) is 0 Å². The molecule has 2 rings (SSSR count). The van der Waals surface area contributed by atoms with Crippen LogP contribution in [0.2, 0.25) is 0 Å². The number of aromatic nitrogens is 1. The molecule has 0 spiro atoms. The van der Waals surface area contributed by atoms with Gasteiger partial charge in [-0.1, -0.05) is 12.8 Å². The van der Waals surface area contributed by atoms with E-state index in [0.717, 1.165) is 25.7 Å². The van der Waals surface area contributed by atoms with Gasteiger partial charge in [0, 0.05) is 18.7 Å². The van der Waals surface area contributed by atoms with Crippen molar-refractivity contribution >= 4 is 11.5 Å². The fourth-order valence-electron chi connectivity index (χ4n) is 2.47. The van der Waals surface area contributed by atoms with Gasteiger partial charge in [-0.25, -0.2) is 0 Å². The van der Waals surface area contributed by atoms with E-state index in [9.17, 15) is 10.1 Å². The Labute approximate surface area is 111 Å². The van der Waals surface area contributed by atoms with Crippen LogP contribution in [0.15, 0.2) is 12.1 Å². The van der Waals surface area contributed by atoms with E-state index < -0.39 is 4.92 Å². The summed E-state index contributed by atoms with van der Waals surface area (Å²) in [5.41, 5.74) is 5.48. The molecule has 104 valence electrons. The lowest BCUT2D eigenvalue weighted by atomic mass is 9.98. The summed E-state index contributed by atoms with van der Waals surface area (Å²) < 4.78 is 5.02. The largest absolute Gasteiger partial charge is 0.481 e. The second-order valence-corrected chi connectivity index (χ2v) is 4.80. The van der Waals surface area contributed by atoms with E-state index >= 15 is 0 Å². The normalized spacial score (nSPS) is 17.2. The molecule has 1 saturated carbocycles. The third-order valence-electron chi connectivity index (χ3n) is 3.59. The highest BCUT2D eigenvalue weighted by molar-refractivity contribution is 5.58. The van der Waals surface area contributed by atoms with E-state index in [0.29, 0.717) is 12.4 Å². The van der Waals surface area contributed by atoms with Crippen LogP contribution < -0.4 is 15.8 Å². The quantitative estimate of drug-likeness (QED) is 0.620. The number of nitrogens with zero attached hydrogens (tertiary/aromatic N) is 2. The molecular weight excluding hydrogens is 248 g/mol. The van der Waals surface area contributed by atoms with E-state index in [1.54, 1.807) is 0 Å². The topological polar surface area (TPSA) is 103 Å². The van der Waals surface area contributed by atoms with Gasteiger partial charge in [-0.15, -0.1) is 0 Å². The van der Waals surface area contributed by atoms with Gasteiger partial charge in [-0.05, 0) is 12.8 Å². The van der Waals surface area contributed by atoms with Crippen molar-refractivity contribution in [2.24, 2.45) is 5.73 Å². The fourth-order valence-corrected chi connectivity index (χ4v) is 2.47. The SMILES string of the molecule is COc1ccc([N+](=O)[O-])c(NC2(CN)CCCC2)n1. The lowest BCUT2D eigenvalue weighted by Gasteiger charge is -2.29. The Morgan fingerprint density at radius 3 is 2.74 bits per heavy atom. The van der Waals surface area contributed by atoms with Crippen LogP contribution in [0, 0.1) is 10.1 Å². The first-order valence-electron chi connectivity index (χ1n) is 6.28. The Hall–Kier alpha value is -1.89. The molecule has 1 fully saturated rings. The lowest BCUT2D eigenvalue weighted by molar-refractivity contribution is -0.384. The van der Waals surface area contributed by atoms with Crippen LogP contribution in [-0.2, 0) is 0 Å². The number of pyridine rings is 1. The van der Waals surface area contributed by atoms with E-state index in [2.05, 4.69) is 10.3 Å². The first-order chi connectivity index (χ1) is 9.10. The van der Waals surface area contributed by atoms with Crippen molar-refractivity contribution < 1.29 is 9.66 Å². The van der Waals surface area contributed by atoms with Crippen LogP contribution in [0.1, 0.15) is 25.7 Å². The second-order valence-electron chi connectivity index (χ2n) is 4.80. The number of hydrogen-bond acceptors (Lipinski definition) is 6. The standard InChI is InChI=1S/C12H18N4O3/c1-19-10-5-4-9(16(17)18)11(14-10)15-12(8-13)6-2-3-7-12/h4-5H,2-3,6-8,13H2,1H3,(H,14,15). The molecule has 3 N–H and O–H groups in total. The minimum atomic E-state index is -0.450. The van der Waals surface area contributed by atoms with Crippen LogP contribution in [0.3, 0.4) is 0 Å². The summed E-state index contributed by atoms with van der Waals surface area (Å²) in [6.45, 7) is 0.434. The summed E-state index contributed by atoms with van der Waals surface area (Å²) in [6, 6.07) is 2.88. The molecule has 1 aromatic rings. The molecule has 0 aliphatic heterocycles. The van der Waals surface area contributed by atoms with Crippen molar-refractivity contribution in [1.82, 2.24) is 4.98 Å². The van der Waals surface area contributed by atoms with Crippen molar-refractivity contribution in [3.63, 3.8) is 0 Å². The van der Waals surface area contributed by atoms with Crippen molar-refractivity contribution in [3.8, 4) is 5.88 Å². The molecule has 0 amide bonds. The third-order valence-corrected chi connectivity index (χ3v) is 3.59. The molecule has 1 heterocycles. The summed E-state index contributed by atoms with van der Waals surface area (Å²) in [6.07, 6.45) is 3.95. The maximum atomic E-state index is 11.0. The first-order valence-corrected chi connectivity index (χ1v) is 6.28. The van der Waals surface area contributed by atoms with E-state index in [1.807, 2.05) is 0 Å². The van der Waals surface area contributed by atoms with Gasteiger partial charge < -0.3 is 15.8 Å². The maximum Gasteiger partial charge on any atom is 0.311 e. The first kappa shape index (κ1) is 13.5. The number of ether oxygens (including phenoxy) is 1. The molecule has 1 aliphatic rings. The Morgan fingerprint density at radius 2 is 2.21 bits per heavy atom. The van der Waals surface area contributed by atoms with E-state index in [-0.39, 0.29) is 17.0 Å². The minimum Gasteiger partial charge on any atom is -0.481 e. The molecule has 0 atom stereocenters. The van der Waals surface area contributed by atoms with Gasteiger partial charge in [0.05, 0.1) is 17.6 Å². The van der Waals surface area contributed by atoms with Gasteiger partial charge in [0.15, 0.2) is 0 Å². The summed E-state index contributed by atoms with van der Waals surface area (Å²) in [4.78, 5) is 14.7. The average Bonchev–Trinajstić information content (AvgIpc) is 2.87. The predicted octanol–water partition coefficient (Wildman–Crippen LogP) is 1.68. The van der Waals surface area contributed by atoms with Crippen molar-refractivity contribution in [2.45, 2.75) is 31.2 Å². The molecule has 19 heavy (non-hydrogen) atoms. The van der Waals surface area contributed by atoms with Gasteiger partial charge in [-0.3, -0.25) is 10.1 Å².